The SMILES string of the molecule is CCCN1CN(C2CCN(c3ncnc4cc(OC)c(OC)cc34)CC2)C(=O)c2cc(C)ccc21. The first kappa shape index (κ1) is 23.2. The number of methoxy groups -OCH3 is 2. The van der Waals surface area contributed by atoms with Gasteiger partial charge in [-0.2, -0.15) is 0 Å². The molecule has 0 aliphatic carbocycles. The topological polar surface area (TPSA) is 71.0 Å². The van der Waals surface area contributed by atoms with Gasteiger partial charge < -0.3 is 24.2 Å². The molecular formula is C27H33N5O3. The van der Waals surface area contributed by atoms with Crippen molar-refractivity contribution >= 4 is 28.3 Å². The number of hydrogen-bond acceptors (Lipinski definition) is 7. The van der Waals surface area contributed by atoms with Crippen molar-refractivity contribution in [1.82, 2.24) is 14.9 Å². The fourth-order valence-electron chi connectivity index (χ4n) is 5.33. The zero-order valence-corrected chi connectivity index (χ0v) is 21.0. The Bertz CT molecular complexity index is 1240. The standard InChI is InChI=1S/C27H33N5O3/c1-5-10-31-17-32(27(33)21-13-18(2)6-7-23(21)31)19-8-11-30(12-9-19)26-20-14-24(34-3)25(35-4)15-22(20)28-16-29-26/h6-7,13-16,19H,5,8-12,17H2,1-4H3. The smallest absolute Gasteiger partial charge is 0.257 e. The van der Waals surface area contributed by atoms with Gasteiger partial charge in [0.05, 0.1) is 37.7 Å². The van der Waals surface area contributed by atoms with Crippen LogP contribution in [0, 0.1) is 6.92 Å². The minimum Gasteiger partial charge on any atom is -0.493 e. The van der Waals surface area contributed by atoms with Gasteiger partial charge in [0.25, 0.3) is 5.91 Å². The highest BCUT2D eigenvalue weighted by Crippen LogP contribution is 2.36. The molecule has 0 radical (unpaired) electrons. The van der Waals surface area contributed by atoms with E-state index in [2.05, 4.69) is 43.7 Å². The largest absolute Gasteiger partial charge is 0.493 e. The Morgan fingerprint density at radius 3 is 2.49 bits per heavy atom. The maximum absolute atomic E-state index is 13.5. The van der Waals surface area contributed by atoms with Crippen LogP contribution >= 0.6 is 0 Å². The molecule has 1 amide bonds. The van der Waals surface area contributed by atoms with Crippen molar-refractivity contribution in [1.29, 1.82) is 0 Å². The van der Waals surface area contributed by atoms with Crippen LogP contribution in [0.4, 0.5) is 11.5 Å². The lowest BCUT2D eigenvalue weighted by molar-refractivity contribution is 0.0632. The van der Waals surface area contributed by atoms with E-state index in [0.29, 0.717) is 18.2 Å². The summed E-state index contributed by atoms with van der Waals surface area (Å²) in [5.41, 5.74) is 3.83. The zero-order valence-electron chi connectivity index (χ0n) is 21.0. The lowest BCUT2D eigenvalue weighted by atomic mass is 9.98. The van der Waals surface area contributed by atoms with Crippen LogP contribution < -0.4 is 19.3 Å². The van der Waals surface area contributed by atoms with Crippen LogP contribution in [-0.4, -0.2) is 67.3 Å². The lowest BCUT2D eigenvalue weighted by Crippen LogP contribution is -2.54. The summed E-state index contributed by atoms with van der Waals surface area (Å²) in [7, 11) is 3.26. The molecule has 0 saturated carbocycles. The number of anilines is 2. The van der Waals surface area contributed by atoms with Gasteiger partial charge in [-0.1, -0.05) is 18.6 Å². The lowest BCUT2D eigenvalue weighted by Gasteiger charge is -2.45. The van der Waals surface area contributed by atoms with Crippen LogP contribution in [0.5, 0.6) is 11.5 Å². The van der Waals surface area contributed by atoms with Gasteiger partial charge in [0.15, 0.2) is 11.5 Å². The first-order chi connectivity index (χ1) is 17.0. The number of benzene rings is 2. The van der Waals surface area contributed by atoms with Gasteiger partial charge in [-0.15, -0.1) is 0 Å². The summed E-state index contributed by atoms with van der Waals surface area (Å²) in [6.45, 7) is 7.47. The molecule has 2 aromatic carbocycles. The van der Waals surface area contributed by atoms with Crippen LogP contribution in [0.1, 0.15) is 42.1 Å². The Labute approximate surface area is 206 Å². The van der Waals surface area contributed by atoms with E-state index in [4.69, 9.17) is 9.47 Å². The van der Waals surface area contributed by atoms with Crippen molar-refractivity contribution in [2.75, 3.05) is 50.3 Å². The average molecular weight is 476 g/mol. The third kappa shape index (κ3) is 4.22. The Balaban J connectivity index is 1.37. The van der Waals surface area contributed by atoms with Gasteiger partial charge in [-0.05, 0) is 44.4 Å². The first-order valence-corrected chi connectivity index (χ1v) is 12.3. The molecule has 2 aliphatic heterocycles. The molecule has 3 heterocycles. The summed E-state index contributed by atoms with van der Waals surface area (Å²) in [5.74, 6) is 2.36. The maximum atomic E-state index is 13.5. The second-order valence-electron chi connectivity index (χ2n) is 9.34. The predicted molar refractivity (Wildman–Crippen MR) is 138 cm³/mol. The number of aromatic nitrogens is 2. The number of carbonyl (C=O) groups is 1. The number of piperidine rings is 1. The van der Waals surface area contributed by atoms with Crippen LogP contribution in [0.3, 0.4) is 0 Å². The van der Waals surface area contributed by atoms with Gasteiger partial charge in [-0.25, -0.2) is 9.97 Å². The van der Waals surface area contributed by atoms with Crippen molar-refractivity contribution < 1.29 is 14.3 Å². The van der Waals surface area contributed by atoms with Crippen molar-refractivity contribution in [3.8, 4) is 11.5 Å². The summed E-state index contributed by atoms with van der Waals surface area (Å²) < 4.78 is 11.0. The van der Waals surface area contributed by atoms with Crippen LogP contribution in [0.2, 0.25) is 0 Å². The molecule has 5 rings (SSSR count). The van der Waals surface area contributed by atoms with Gasteiger partial charge in [0, 0.05) is 37.1 Å². The third-order valence-corrected chi connectivity index (χ3v) is 7.13. The second kappa shape index (κ2) is 9.60. The summed E-state index contributed by atoms with van der Waals surface area (Å²) in [4.78, 5) is 29.3. The number of aryl methyl sites for hydroxylation is 1. The maximum Gasteiger partial charge on any atom is 0.257 e. The molecule has 2 aliphatic rings. The molecule has 0 spiro atoms. The minimum atomic E-state index is 0.152. The Hall–Kier alpha value is -3.55. The van der Waals surface area contributed by atoms with Crippen molar-refractivity contribution in [3.05, 3.63) is 47.8 Å². The highest BCUT2D eigenvalue weighted by Gasteiger charge is 2.35. The number of hydrogen-bond donors (Lipinski definition) is 0. The van der Waals surface area contributed by atoms with E-state index in [1.165, 1.54) is 0 Å². The van der Waals surface area contributed by atoms with Gasteiger partial charge >= 0.3 is 0 Å². The molecule has 1 fully saturated rings. The van der Waals surface area contributed by atoms with Gasteiger partial charge in [0.1, 0.15) is 12.1 Å². The number of rotatable bonds is 6. The molecule has 0 N–H and O–H groups in total. The molecule has 0 atom stereocenters. The van der Waals surface area contributed by atoms with E-state index >= 15 is 0 Å². The predicted octanol–water partition coefficient (Wildman–Crippen LogP) is 4.25. The van der Waals surface area contributed by atoms with Crippen molar-refractivity contribution in [2.24, 2.45) is 0 Å². The summed E-state index contributed by atoms with van der Waals surface area (Å²) in [6.07, 6.45) is 4.44. The number of amides is 1. The molecule has 1 aromatic heterocycles. The Morgan fingerprint density at radius 2 is 1.77 bits per heavy atom. The van der Waals surface area contributed by atoms with Crippen LogP contribution in [0.15, 0.2) is 36.7 Å². The first-order valence-electron chi connectivity index (χ1n) is 12.3. The number of fused-ring (bicyclic) bond motifs is 2. The minimum absolute atomic E-state index is 0.152. The molecule has 184 valence electrons. The van der Waals surface area contributed by atoms with E-state index in [0.717, 1.165) is 72.4 Å². The summed E-state index contributed by atoms with van der Waals surface area (Å²) in [6, 6.07) is 10.3. The molecule has 8 nitrogen and oxygen atoms in total. The molecule has 1 saturated heterocycles. The van der Waals surface area contributed by atoms with Crippen molar-refractivity contribution in [3.63, 3.8) is 0 Å². The average Bonchev–Trinajstić information content (AvgIpc) is 2.89. The molecule has 35 heavy (non-hydrogen) atoms. The van der Waals surface area contributed by atoms with Crippen molar-refractivity contribution in [2.45, 2.75) is 39.2 Å². The van der Waals surface area contributed by atoms with E-state index in [-0.39, 0.29) is 11.9 Å². The van der Waals surface area contributed by atoms with Gasteiger partial charge in [-0.3, -0.25) is 4.79 Å². The molecule has 3 aromatic rings. The number of ether oxygens (including phenoxy) is 2. The summed E-state index contributed by atoms with van der Waals surface area (Å²) in [5, 5.41) is 0.941. The molecular weight excluding hydrogens is 442 g/mol. The second-order valence-corrected chi connectivity index (χ2v) is 9.34. The van der Waals surface area contributed by atoms with Crippen LogP contribution in [-0.2, 0) is 0 Å². The Kier molecular flexibility index (Phi) is 6.36. The number of nitrogens with zero attached hydrogens (tertiary/aromatic N) is 5. The van der Waals surface area contributed by atoms with Gasteiger partial charge in [0.2, 0.25) is 0 Å². The fraction of sp³-hybridized carbons (Fsp3) is 0.444. The highest BCUT2D eigenvalue weighted by molar-refractivity contribution is 6.02. The fourth-order valence-corrected chi connectivity index (χ4v) is 5.33. The zero-order chi connectivity index (χ0) is 24.5. The molecule has 0 unspecified atom stereocenters. The highest BCUT2D eigenvalue weighted by atomic mass is 16.5. The van der Waals surface area contributed by atoms with Crippen LogP contribution in [0.25, 0.3) is 10.9 Å². The van der Waals surface area contributed by atoms with E-state index in [1.807, 2.05) is 25.1 Å². The van der Waals surface area contributed by atoms with E-state index in [9.17, 15) is 4.79 Å². The quantitative estimate of drug-likeness (QED) is 0.528. The van der Waals surface area contributed by atoms with E-state index in [1.54, 1.807) is 20.5 Å². The molecule has 0 bridgehead atoms. The monoisotopic (exact) mass is 475 g/mol. The molecule has 8 heteroatoms. The summed E-state index contributed by atoms with van der Waals surface area (Å²) >= 11 is 0. The van der Waals surface area contributed by atoms with E-state index < -0.39 is 0 Å². The number of carbonyl (C=O) groups excluding carboxylic acids is 1. The Morgan fingerprint density at radius 1 is 1.03 bits per heavy atom. The normalized spacial score (nSPS) is 16.6. The third-order valence-electron chi connectivity index (χ3n) is 7.13.